The summed E-state index contributed by atoms with van der Waals surface area (Å²) in [5.74, 6) is -0.239. The monoisotopic (exact) mass is 356 g/mol. The Bertz CT molecular complexity index is 574. The number of rotatable bonds is 2. The number of benzene rings is 1. The summed E-state index contributed by atoms with van der Waals surface area (Å²) in [5.41, 5.74) is -0.578. The van der Waals surface area contributed by atoms with E-state index in [1.165, 1.54) is 12.1 Å². The summed E-state index contributed by atoms with van der Waals surface area (Å²) in [6, 6.07) is 4.23. The smallest absolute Gasteiger partial charge is 0.271 e. The van der Waals surface area contributed by atoms with E-state index in [-0.39, 0.29) is 17.2 Å². The molecule has 0 saturated carbocycles. The number of carbonyl (C=O) groups excluding carboxylic acids is 1. The molecule has 0 aromatic heterocycles. The zero-order chi connectivity index (χ0) is 15.6. The number of nitrogens with zero attached hydrogens (tertiary/aromatic N) is 2. The lowest BCUT2D eigenvalue weighted by atomic mass is 9.98. The Balaban J connectivity index is 2.22. The lowest BCUT2D eigenvalue weighted by Gasteiger charge is -2.22. The highest BCUT2D eigenvalue weighted by Crippen LogP contribution is 2.25. The molecule has 1 fully saturated rings. The first-order valence-corrected chi connectivity index (χ1v) is 7.54. The van der Waals surface area contributed by atoms with Gasteiger partial charge in [-0.05, 0) is 32.3 Å². The van der Waals surface area contributed by atoms with Gasteiger partial charge in [-0.3, -0.25) is 14.9 Å². The predicted molar refractivity (Wildman–Crippen MR) is 81.2 cm³/mol. The Morgan fingerprint density at radius 3 is 2.76 bits per heavy atom. The first-order valence-electron chi connectivity index (χ1n) is 6.75. The van der Waals surface area contributed by atoms with Crippen molar-refractivity contribution in [1.29, 1.82) is 0 Å². The van der Waals surface area contributed by atoms with Crippen LogP contribution in [-0.4, -0.2) is 39.5 Å². The minimum atomic E-state index is -0.752. The van der Waals surface area contributed by atoms with Crippen molar-refractivity contribution in [3.8, 4) is 0 Å². The number of halogens is 1. The Kier molecular flexibility index (Phi) is 4.63. The molecule has 6 nitrogen and oxygen atoms in total. The molecule has 1 saturated heterocycles. The molecule has 1 aliphatic heterocycles. The number of non-ortho nitro benzene ring substituents is 1. The highest BCUT2D eigenvalue weighted by molar-refractivity contribution is 9.10. The van der Waals surface area contributed by atoms with Gasteiger partial charge in [-0.2, -0.15) is 0 Å². The Labute approximate surface area is 131 Å². The number of likely N-dealkylation sites (tertiary alicyclic amines) is 1. The second-order valence-corrected chi connectivity index (χ2v) is 6.51. The van der Waals surface area contributed by atoms with Crippen LogP contribution in [0.3, 0.4) is 0 Å². The summed E-state index contributed by atoms with van der Waals surface area (Å²) >= 11 is 3.19. The fourth-order valence-corrected chi connectivity index (χ4v) is 2.93. The zero-order valence-corrected chi connectivity index (χ0v) is 13.3. The van der Waals surface area contributed by atoms with Gasteiger partial charge >= 0.3 is 0 Å². The van der Waals surface area contributed by atoms with Crippen LogP contribution in [-0.2, 0) is 0 Å². The molecule has 0 spiro atoms. The maximum atomic E-state index is 12.5. The second kappa shape index (κ2) is 6.11. The Morgan fingerprint density at radius 1 is 1.38 bits per heavy atom. The molecule has 0 bridgehead atoms. The third-order valence-corrected chi connectivity index (χ3v) is 4.15. The van der Waals surface area contributed by atoms with Crippen molar-refractivity contribution < 1.29 is 14.8 Å². The van der Waals surface area contributed by atoms with Crippen LogP contribution in [0.25, 0.3) is 0 Å². The number of nitro benzene ring substituents is 1. The first kappa shape index (κ1) is 15.9. The first-order chi connectivity index (χ1) is 9.78. The summed E-state index contributed by atoms with van der Waals surface area (Å²) in [7, 11) is 0. The van der Waals surface area contributed by atoms with Crippen LogP contribution in [0.4, 0.5) is 5.69 Å². The van der Waals surface area contributed by atoms with E-state index in [0.717, 1.165) is 6.42 Å². The maximum Gasteiger partial charge on any atom is 0.271 e. The molecule has 7 heteroatoms. The standard InChI is InChI=1S/C14H17BrN2O4/c1-14(19)3-2-5-16(6-4-14)13(18)10-7-11(15)9-12(8-10)17(20)21/h7-9,19H,2-6H2,1H3. The van der Waals surface area contributed by atoms with Crippen LogP contribution in [0.15, 0.2) is 22.7 Å². The van der Waals surface area contributed by atoms with Crippen molar-refractivity contribution in [2.75, 3.05) is 13.1 Å². The predicted octanol–water partition coefficient (Wildman–Crippen LogP) is 2.73. The van der Waals surface area contributed by atoms with Crippen molar-refractivity contribution in [2.45, 2.75) is 31.8 Å². The quantitative estimate of drug-likeness (QED) is 0.652. The molecule has 0 aliphatic carbocycles. The van der Waals surface area contributed by atoms with E-state index in [0.29, 0.717) is 30.4 Å². The molecular formula is C14H17BrN2O4. The van der Waals surface area contributed by atoms with Crippen molar-refractivity contribution in [3.05, 3.63) is 38.3 Å². The van der Waals surface area contributed by atoms with Crippen LogP contribution in [0.2, 0.25) is 0 Å². The van der Waals surface area contributed by atoms with Gasteiger partial charge in [0.1, 0.15) is 0 Å². The summed E-state index contributed by atoms with van der Waals surface area (Å²) in [6.07, 6.45) is 1.87. The lowest BCUT2D eigenvalue weighted by molar-refractivity contribution is -0.385. The third kappa shape index (κ3) is 4.01. The molecular weight excluding hydrogens is 340 g/mol. The van der Waals surface area contributed by atoms with Gasteiger partial charge in [0.25, 0.3) is 11.6 Å². The minimum Gasteiger partial charge on any atom is -0.390 e. The third-order valence-electron chi connectivity index (χ3n) is 3.69. The molecule has 1 N–H and O–H groups in total. The molecule has 1 unspecified atom stereocenters. The number of hydrogen-bond acceptors (Lipinski definition) is 4. The molecule has 1 aliphatic rings. The Morgan fingerprint density at radius 2 is 2.10 bits per heavy atom. The molecule has 21 heavy (non-hydrogen) atoms. The van der Waals surface area contributed by atoms with Gasteiger partial charge in [0.05, 0.1) is 10.5 Å². The van der Waals surface area contributed by atoms with E-state index in [9.17, 15) is 20.0 Å². The van der Waals surface area contributed by atoms with Crippen molar-refractivity contribution in [2.24, 2.45) is 0 Å². The number of amides is 1. The second-order valence-electron chi connectivity index (χ2n) is 5.60. The number of carbonyl (C=O) groups is 1. The van der Waals surface area contributed by atoms with Gasteiger partial charge in [0.2, 0.25) is 0 Å². The van der Waals surface area contributed by atoms with Crippen LogP contribution in [0.5, 0.6) is 0 Å². The van der Waals surface area contributed by atoms with Gasteiger partial charge in [0.15, 0.2) is 0 Å². The SMILES string of the molecule is CC1(O)CCCN(C(=O)c2cc(Br)cc([N+](=O)[O-])c2)CC1. The van der Waals surface area contributed by atoms with Crippen molar-refractivity contribution in [1.82, 2.24) is 4.90 Å². The van der Waals surface area contributed by atoms with Crippen molar-refractivity contribution >= 4 is 27.5 Å². The largest absolute Gasteiger partial charge is 0.390 e. The van der Waals surface area contributed by atoms with E-state index in [2.05, 4.69) is 15.9 Å². The molecule has 1 atom stereocenters. The van der Waals surface area contributed by atoms with Gasteiger partial charge < -0.3 is 10.0 Å². The normalized spacial score (nSPS) is 22.7. The van der Waals surface area contributed by atoms with E-state index in [1.807, 2.05) is 0 Å². The molecule has 0 radical (unpaired) electrons. The summed E-state index contributed by atoms with van der Waals surface area (Å²) in [4.78, 5) is 24.5. The topological polar surface area (TPSA) is 83.7 Å². The number of hydrogen-bond donors (Lipinski definition) is 1. The van der Waals surface area contributed by atoms with Crippen LogP contribution in [0.1, 0.15) is 36.5 Å². The van der Waals surface area contributed by atoms with Gasteiger partial charge in [-0.15, -0.1) is 0 Å². The minimum absolute atomic E-state index is 0.116. The molecule has 1 aromatic rings. The van der Waals surface area contributed by atoms with Gasteiger partial charge in [-0.25, -0.2) is 0 Å². The zero-order valence-electron chi connectivity index (χ0n) is 11.7. The van der Waals surface area contributed by atoms with E-state index in [4.69, 9.17) is 0 Å². The molecule has 114 valence electrons. The summed E-state index contributed by atoms with van der Waals surface area (Å²) < 4.78 is 0.502. The highest BCUT2D eigenvalue weighted by atomic mass is 79.9. The Hall–Kier alpha value is -1.47. The average molecular weight is 357 g/mol. The van der Waals surface area contributed by atoms with Crippen LogP contribution in [0, 0.1) is 10.1 Å². The van der Waals surface area contributed by atoms with Crippen LogP contribution < -0.4 is 0 Å². The summed E-state index contributed by atoms with van der Waals surface area (Å²) in [6.45, 7) is 2.77. The maximum absolute atomic E-state index is 12.5. The molecule has 1 amide bonds. The van der Waals surface area contributed by atoms with E-state index >= 15 is 0 Å². The lowest BCUT2D eigenvalue weighted by Crippen LogP contribution is -2.33. The highest BCUT2D eigenvalue weighted by Gasteiger charge is 2.28. The number of nitro groups is 1. The summed E-state index contributed by atoms with van der Waals surface area (Å²) in [5, 5.41) is 20.9. The fraction of sp³-hybridized carbons (Fsp3) is 0.500. The molecule has 1 heterocycles. The fourth-order valence-electron chi connectivity index (χ4n) is 2.45. The van der Waals surface area contributed by atoms with E-state index < -0.39 is 10.5 Å². The molecule has 2 rings (SSSR count). The van der Waals surface area contributed by atoms with Crippen molar-refractivity contribution in [3.63, 3.8) is 0 Å². The van der Waals surface area contributed by atoms with Gasteiger partial charge in [-0.1, -0.05) is 15.9 Å². The van der Waals surface area contributed by atoms with E-state index in [1.54, 1.807) is 17.9 Å². The number of aliphatic hydroxyl groups is 1. The average Bonchev–Trinajstić information content (AvgIpc) is 2.58. The molecule has 1 aromatic carbocycles. The van der Waals surface area contributed by atoms with Crippen LogP contribution >= 0.6 is 15.9 Å². The van der Waals surface area contributed by atoms with Gasteiger partial charge in [0, 0.05) is 35.3 Å².